The first-order chi connectivity index (χ1) is 24.7. The number of hydrogen-bond acceptors (Lipinski definition) is 7. The van der Waals surface area contributed by atoms with Crippen molar-refractivity contribution in [1.82, 2.24) is 9.64 Å². The number of fused-ring (bicyclic) bond motifs is 4. The van der Waals surface area contributed by atoms with E-state index in [4.69, 9.17) is 14.3 Å². The molecule has 52 heavy (non-hydrogen) atoms. The Hall–Kier alpha value is -5.18. The Morgan fingerprint density at radius 1 is 0.846 bits per heavy atom. The summed E-state index contributed by atoms with van der Waals surface area (Å²) >= 11 is 0. The Morgan fingerprint density at radius 3 is 2.13 bits per heavy atom. The van der Waals surface area contributed by atoms with Crippen LogP contribution >= 0.6 is 0 Å². The summed E-state index contributed by atoms with van der Waals surface area (Å²) in [6.07, 6.45) is 4.73. The summed E-state index contributed by atoms with van der Waals surface area (Å²) in [6.45, 7) is 23.0. The maximum atomic E-state index is 12.4. The van der Waals surface area contributed by atoms with Crippen molar-refractivity contribution in [2.75, 3.05) is 24.6 Å². The van der Waals surface area contributed by atoms with Gasteiger partial charge in [0.25, 0.3) is 11.8 Å². The van der Waals surface area contributed by atoms with Gasteiger partial charge in [0, 0.05) is 72.5 Å². The fraction of sp³-hybridized carbons (Fsp3) is 0.395. The zero-order valence-electron chi connectivity index (χ0n) is 32.1. The van der Waals surface area contributed by atoms with Crippen molar-refractivity contribution < 1.29 is 28.7 Å². The molecule has 0 atom stereocenters. The number of carbonyl (C=O) groups is 3. The van der Waals surface area contributed by atoms with Gasteiger partial charge in [0.15, 0.2) is 12.1 Å². The van der Waals surface area contributed by atoms with Crippen molar-refractivity contribution in [3.8, 4) is 17.2 Å². The third-order valence-electron chi connectivity index (χ3n) is 10.2. The minimum absolute atomic E-state index is 0.0333. The third kappa shape index (κ3) is 6.31. The Labute approximate surface area is 306 Å². The topological polar surface area (TPSA) is 88.4 Å². The van der Waals surface area contributed by atoms with Gasteiger partial charge in [-0.3, -0.25) is 9.59 Å². The summed E-state index contributed by atoms with van der Waals surface area (Å²) in [5.41, 5.74) is 8.68. The first-order valence-electron chi connectivity index (χ1n) is 18.4. The molecule has 0 spiro atoms. The Kier molecular flexibility index (Phi) is 9.68. The number of benzene rings is 3. The van der Waals surface area contributed by atoms with Crippen molar-refractivity contribution in [2.45, 2.75) is 93.2 Å². The van der Waals surface area contributed by atoms with Crippen molar-refractivity contribution in [1.29, 1.82) is 0 Å². The number of anilines is 1. The minimum Gasteiger partial charge on any atom is -0.482 e. The molecule has 4 heterocycles. The van der Waals surface area contributed by atoms with E-state index in [0.29, 0.717) is 10.8 Å². The SMILES string of the molecule is CC.CCN1c2cc3c(cc2C(C)=CC1(C)C)C(c1ccc(OCC(=O)ON2C(=O)CCC2=O)cc1)=c1cc2c(cc1O3)=[N+](CC)C(C)(C)C=C2C. The summed E-state index contributed by atoms with van der Waals surface area (Å²) in [7, 11) is 0. The lowest BCUT2D eigenvalue weighted by molar-refractivity contribution is -0.198. The molecule has 0 radical (unpaired) electrons. The molecule has 0 aromatic heterocycles. The molecule has 0 unspecified atom stereocenters. The summed E-state index contributed by atoms with van der Waals surface area (Å²) < 4.78 is 15.0. The second kappa shape index (κ2) is 13.7. The zero-order chi connectivity index (χ0) is 37.7. The third-order valence-corrected chi connectivity index (χ3v) is 10.2. The molecule has 2 amide bonds. The van der Waals surface area contributed by atoms with Crippen LogP contribution in [0.4, 0.5) is 5.69 Å². The normalized spacial score (nSPS) is 17.8. The lowest BCUT2D eigenvalue weighted by Gasteiger charge is -2.43. The zero-order valence-corrected chi connectivity index (χ0v) is 32.1. The van der Waals surface area contributed by atoms with Gasteiger partial charge in [-0.25, -0.2) is 9.37 Å². The first-order valence-corrected chi connectivity index (χ1v) is 18.4. The van der Waals surface area contributed by atoms with Gasteiger partial charge in [0.2, 0.25) is 5.36 Å². The predicted octanol–water partition coefficient (Wildman–Crippen LogP) is 6.78. The van der Waals surface area contributed by atoms with Gasteiger partial charge >= 0.3 is 5.97 Å². The second-order valence-electron chi connectivity index (χ2n) is 14.5. The quantitative estimate of drug-likeness (QED) is 0.155. The number of carbonyl (C=O) groups excluding carboxylic acids is 3. The van der Waals surface area contributed by atoms with E-state index in [2.05, 4.69) is 101 Å². The molecule has 0 saturated carbocycles. The van der Waals surface area contributed by atoms with Crippen LogP contribution in [0.2, 0.25) is 0 Å². The predicted molar refractivity (Wildman–Crippen MR) is 205 cm³/mol. The number of imide groups is 1. The fourth-order valence-electron chi connectivity index (χ4n) is 8.14. The molecule has 1 saturated heterocycles. The molecule has 7 rings (SSSR count). The maximum absolute atomic E-state index is 12.4. The van der Waals surface area contributed by atoms with E-state index in [-0.39, 0.29) is 23.9 Å². The van der Waals surface area contributed by atoms with Crippen LogP contribution in [0.25, 0.3) is 16.7 Å². The van der Waals surface area contributed by atoms with Gasteiger partial charge in [-0.2, -0.15) is 0 Å². The van der Waals surface area contributed by atoms with Gasteiger partial charge in [0.1, 0.15) is 23.8 Å². The van der Waals surface area contributed by atoms with Crippen LogP contribution in [0, 0.1) is 0 Å². The molecule has 4 aliphatic rings. The summed E-state index contributed by atoms with van der Waals surface area (Å²) in [4.78, 5) is 43.4. The molecule has 1 fully saturated rings. The van der Waals surface area contributed by atoms with E-state index < -0.39 is 24.4 Å². The van der Waals surface area contributed by atoms with Gasteiger partial charge in [0.05, 0.1) is 11.6 Å². The van der Waals surface area contributed by atoms with Crippen molar-refractivity contribution in [2.24, 2.45) is 0 Å². The van der Waals surface area contributed by atoms with E-state index in [1.165, 1.54) is 22.3 Å². The van der Waals surface area contributed by atoms with E-state index in [0.717, 1.165) is 57.6 Å². The highest BCUT2D eigenvalue weighted by Gasteiger charge is 2.36. The molecule has 3 aromatic rings. The highest BCUT2D eigenvalue weighted by molar-refractivity contribution is 6.01. The number of rotatable bonds is 7. The molecular formula is C43H50N3O6+. The van der Waals surface area contributed by atoms with Crippen LogP contribution in [-0.4, -0.2) is 53.6 Å². The molecule has 272 valence electrons. The molecule has 9 heteroatoms. The number of allylic oxidation sites excluding steroid dienone is 2. The molecule has 0 bridgehead atoms. The van der Waals surface area contributed by atoms with E-state index in [1.807, 2.05) is 38.1 Å². The van der Waals surface area contributed by atoms with Crippen molar-refractivity contribution in [3.05, 3.63) is 93.5 Å². The van der Waals surface area contributed by atoms with Crippen molar-refractivity contribution >= 4 is 40.2 Å². The van der Waals surface area contributed by atoms with E-state index >= 15 is 0 Å². The lowest BCUT2D eigenvalue weighted by Crippen LogP contribution is -2.49. The highest BCUT2D eigenvalue weighted by atomic mass is 16.7. The Bertz CT molecular complexity index is 2160. The number of likely N-dealkylation sites (N-methyl/N-ethyl adjacent to an activating group) is 2. The van der Waals surface area contributed by atoms with Crippen LogP contribution in [0.3, 0.4) is 0 Å². The molecule has 0 N–H and O–H groups in total. The van der Waals surface area contributed by atoms with E-state index in [9.17, 15) is 14.4 Å². The monoisotopic (exact) mass is 704 g/mol. The number of hydrogen-bond donors (Lipinski definition) is 0. The lowest BCUT2D eigenvalue weighted by atomic mass is 9.84. The number of amides is 2. The van der Waals surface area contributed by atoms with Crippen LogP contribution < -0.4 is 29.5 Å². The molecular weight excluding hydrogens is 654 g/mol. The summed E-state index contributed by atoms with van der Waals surface area (Å²) in [5.74, 6) is 0.169. The summed E-state index contributed by atoms with van der Waals surface area (Å²) in [5, 5.41) is 2.68. The summed E-state index contributed by atoms with van der Waals surface area (Å²) in [6, 6.07) is 16.5. The van der Waals surface area contributed by atoms with Gasteiger partial charge in [-0.1, -0.05) is 32.1 Å². The number of hydroxylamine groups is 2. The smallest absolute Gasteiger partial charge is 0.370 e. The van der Waals surface area contributed by atoms with Crippen LogP contribution in [0.15, 0.2) is 60.7 Å². The maximum Gasteiger partial charge on any atom is 0.370 e. The number of nitrogens with zero attached hydrogens (tertiary/aromatic N) is 3. The largest absolute Gasteiger partial charge is 0.482 e. The van der Waals surface area contributed by atoms with Gasteiger partial charge in [-0.05, 0) is 88.6 Å². The average molecular weight is 705 g/mol. The van der Waals surface area contributed by atoms with Gasteiger partial charge in [-0.15, -0.1) is 5.06 Å². The van der Waals surface area contributed by atoms with Gasteiger partial charge < -0.3 is 19.2 Å². The second-order valence-corrected chi connectivity index (χ2v) is 14.5. The standard InChI is InChI=1S/C41H44N3O6.C2H6/c1-9-42-32-19-34-30(17-28(32)24(3)21-40(42,5)6)39(31-18-29-25(4)22-41(7,8)43(10-2)33(29)20-35(31)49-34)26-11-13-27(14-12-26)48-23-38(47)50-44-36(45)15-16-37(44)46;1-2/h11-14,17-22H,9-10,15-16,23H2,1-8H3;1-2H3/q+1;. The fourth-order valence-corrected chi connectivity index (χ4v) is 8.14. The molecule has 3 aromatic carbocycles. The highest BCUT2D eigenvalue weighted by Crippen LogP contribution is 2.46. The van der Waals surface area contributed by atoms with Crippen LogP contribution in [0.5, 0.6) is 17.2 Å². The average Bonchev–Trinajstić information content (AvgIpc) is 3.41. The Morgan fingerprint density at radius 2 is 1.50 bits per heavy atom. The molecule has 4 aliphatic heterocycles. The molecule has 9 nitrogen and oxygen atoms in total. The minimum atomic E-state index is -0.825. The van der Waals surface area contributed by atoms with Crippen molar-refractivity contribution in [3.63, 3.8) is 0 Å². The van der Waals surface area contributed by atoms with Crippen LogP contribution in [-0.2, 0) is 19.2 Å². The Balaban J connectivity index is 0.00000228. The molecule has 0 aliphatic carbocycles. The first kappa shape index (κ1) is 36.6. The number of ether oxygens (including phenoxy) is 2. The van der Waals surface area contributed by atoms with E-state index in [1.54, 1.807) is 0 Å². The van der Waals surface area contributed by atoms with Crippen LogP contribution in [0.1, 0.15) is 104 Å².